The molecule has 1 fully saturated rings. The fraction of sp³-hybridized carbons (Fsp3) is 0.900. The van der Waals surface area contributed by atoms with Gasteiger partial charge in [0.25, 0.3) is 0 Å². The van der Waals surface area contributed by atoms with Crippen molar-refractivity contribution in [3.05, 3.63) is 0 Å². The Bertz CT molecular complexity index is 172. The second kappa shape index (κ2) is 2.96. The molecule has 1 aliphatic heterocycles. The number of aliphatic imine (C=N–C) groups is 1. The van der Waals surface area contributed by atoms with Crippen LogP contribution in [0.15, 0.2) is 4.99 Å². The van der Waals surface area contributed by atoms with Crippen molar-refractivity contribution in [2.75, 3.05) is 6.54 Å². The highest BCUT2D eigenvalue weighted by Crippen LogP contribution is 2.45. The van der Waals surface area contributed by atoms with Gasteiger partial charge in [-0.05, 0) is 38.0 Å². The zero-order valence-electron chi connectivity index (χ0n) is 7.34. The maximum absolute atomic E-state index is 4.54. The van der Waals surface area contributed by atoms with Crippen molar-refractivity contribution in [3.63, 3.8) is 0 Å². The molecule has 0 saturated heterocycles. The Morgan fingerprint density at radius 1 is 1.27 bits per heavy atom. The minimum atomic E-state index is 1.02. The minimum Gasteiger partial charge on any atom is -0.294 e. The highest BCUT2D eigenvalue weighted by molar-refractivity contribution is 5.82. The van der Waals surface area contributed by atoms with Gasteiger partial charge in [-0.25, -0.2) is 0 Å². The van der Waals surface area contributed by atoms with E-state index >= 15 is 0 Å². The Balaban J connectivity index is 1.94. The van der Waals surface area contributed by atoms with Gasteiger partial charge in [-0.1, -0.05) is 12.8 Å². The van der Waals surface area contributed by atoms with Gasteiger partial charge in [-0.2, -0.15) is 0 Å². The number of hydrogen-bond donors (Lipinski definition) is 0. The number of nitrogens with zero attached hydrogens (tertiary/aromatic N) is 1. The summed E-state index contributed by atoms with van der Waals surface area (Å²) >= 11 is 0. The van der Waals surface area contributed by atoms with Crippen LogP contribution >= 0.6 is 0 Å². The van der Waals surface area contributed by atoms with Crippen LogP contribution < -0.4 is 0 Å². The summed E-state index contributed by atoms with van der Waals surface area (Å²) in [6, 6.07) is 0. The van der Waals surface area contributed by atoms with Crippen LogP contribution in [0, 0.1) is 11.8 Å². The third kappa shape index (κ3) is 1.82. The van der Waals surface area contributed by atoms with Gasteiger partial charge in [0.05, 0.1) is 0 Å². The first kappa shape index (κ1) is 7.33. The standard InChI is InChI=1S/C10H17N/c1-8-6-10-7-9(10)4-2-3-5-11-8/h9-10H,2-7H2,1H3. The Hall–Kier alpha value is -0.330. The zero-order valence-corrected chi connectivity index (χ0v) is 7.34. The molecule has 1 heteroatoms. The number of rotatable bonds is 0. The molecule has 2 rings (SSSR count). The third-order valence-electron chi connectivity index (χ3n) is 2.99. The predicted octanol–water partition coefficient (Wildman–Crippen LogP) is 2.66. The third-order valence-corrected chi connectivity index (χ3v) is 2.99. The molecule has 0 N–H and O–H groups in total. The van der Waals surface area contributed by atoms with E-state index in [1.54, 1.807) is 0 Å². The Morgan fingerprint density at radius 3 is 3.09 bits per heavy atom. The van der Waals surface area contributed by atoms with Gasteiger partial charge in [-0.15, -0.1) is 0 Å². The van der Waals surface area contributed by atoms with Crippen LogP contribution in [0.2, 0.25) is 0 Å². The van der Waals surface area contributed by atoms with Gasteiger partial charge >= 0.3 is 0 Å². The molecule has 0 aromatic carbocycles. The molecule has 2 atom stereocenters. The Labute approximate surface area is 68.9 Å². The molecular formula is C10H17N. The SMILES string of the molecule is CC1=NCCCCC2CC2C1. The van der Waals surface area contributed by atoms with E-state index in [9.17, 15) is 0 Å². The molecule has 0 bridgehead atoms. The van der Waals surface area contributed by atoms with Gasteiger partial charge < -0.3 is 0 Å². The molecular weight excluding hydrogens is 134 g/mol. The summed E-state index contributed by atoms with van der Waals surface area (Å²) in [5, 5.41) is 0. The lowest BCUT2D eigenvalue weighted by Crippen LogP contribution is -1.94. The smallest absolute Gasteiger partial charge is 0.0388 e. The van der Waals surface area contributed by atoms with Crippen LogP contribution in [-0.4, -0.2) is 12.3 Å². The molecule has 1 aliphatic carbocycles. The molecule has 0 spiro atoms. The predicted molar refractivity (Wildman–Crippen MR) is 48.0 cm³/mol. The molecule has 11 heavy (non-hydrogen) atoms. The monoisotopic (exact) mass is 151 g/mol. The van der Waals surface area contributed by atoms with Crippen molar-refractivity contribution >= 4 is 5.71 Å². The van der Waals surface area contributed by atoms with Crippen LogP contribution in [-0.2, 0) is 0 Å². The number of hydrogen-bond acceptors (Lipinski definition) is 1. The van der Waals surface area contributed by atoms with E-state index < -0.39 is 0 Å². The average molecular weight is 151 g/mol. The van der Waals surface area contributed by atoms with E-state index in [-0.39, 0.29) is 0 Å². The normalized spacial score (nSPS) is 37.7. The molecule has 1 heterocycles. The van der Waals surface area contributed by atoms with Crippen LogP contribution in [0.5, 0.6) is 0 Å². The van der Waals surface area contributed by atoms with Gasteiger partial charge in [0.1, 0.15) is 0 Å². The number of fused-ring (bicyclic) bond motifs is 1. The lowest BCUT2D eigenvalue weighted by molar-refractivity contribution is 0.606. The van der Waals surface area contributed by atoms with E-state index in [4.69, 9.17) is 0 Å². The van der Waals surface area contributed by atoms with E-state index in [1.165, 1.54) is 37.8 Å². The molecule has 0 aromatic heterocycles. The second-order valence-electron chi connectivity index (χ2n) is 4.07. The Kier molecular flexibility index (Phi) is 1.97. The first-order valence-corrected chi connectivity index (χ1v) is 4.86. The molecule has 1 nitrogen and oxygen atoms in total. The lowest BCUT2D eigenvalue weighted by Gasteiger charge is -1.96. The van der Waals surface area contributed by atoms with Crippen LogP contribution in [0.3, 0.4) is 0 Å². The zero-order chi connectivity index (χ0) is 7.68. The van der Waals surface area contributed by atoms with Crippen molar-refractivity contribution in [2.45, 2.75) is 39.0 Å². The van der Waals surface area contributed by atoms with E-state index in [2.05, 4.69) is 11.9 Å². The molecule has 0 radical (unpaired) electrons. The average Bonchev–Trinajstić information content (AvgIpc) is 2.66. The van der Waals surface area contributed by atoms with E-state index in [0.29, 0.717) is 0 Å². The van der Waals surface area contributed by atoms with Crippen molar-refractivity contribution in [1.29, 1.82) is 0 Å². The lowest BCUT2D eigenvalue weighted by atomic mass is 10.1. The molecule has 2 aliphatic rings. The highest BCUT2D eigenvalue weighted by Gasteiger charge is 2.36. The van der Waals surface area contributed by atoms with Crippen molar-refractivity contribution in [1.82, 2.24) is 0 Å². The molecule has 2 unspecified atom stereocenters. The van der Waals surface area contributed by atoms with Crippen molar-refractivity contribution in [2.24, 2.45) is 16.8 Å². The summed E-state index contributed by atoms with van der Waals surface area (Å²) < 4.78 is 0. The largest absolute Gasteiger partial charge is 0.294 e. The summed E-state index contributed by atoms with van der Waals surface area (Å²) in [6.45, 7) is 3.28. The minimum absolute atomic E-state index is 1.02. The van der Waals surface area contributed by atoms with Crippen molar-refractivity contribution in [3.8, 4) is 0 Å². The second-order valence-corrected chi connectivity index (χ2v) is 4.07. The first-order chi connectivity index (χ1) is 5.36. The van der Waals surface area contributed by atoms with E-state index in [1.807, 2.05) is 0 Å². The summed E-state index contributed by atoms with van der Waals surface area (Å²) in [7, 11) is 0. The maximum Gasteiger partial charge on any atom is 0.0388 e. The summed E-state index contributed by atoms with van der Waals surface area (Å²) in [5.41, 5.74) is 1.40. The van der Waals surface area contributed by atoms with Crippen LogP contribution in [0.4, 0.5) is 0 Å². The topological polar surface area (TPSA) is 12.4 Å². The first-order valence-electron chi connectivity index (χ1n) is 4.86. The maximum atomic E-state index is 4.54. The Morgan fingerprint density at radius 2 is 2.18 bits per heavy atom. The van der Waals surface area contributed by atoms with Gasteiger partial charge in [-0.3, -0.25) is 4.99 Å². The van der Waals surface area contributed by atoms with Gasteiger partial charge in [0.15, 0.2) is 0 Å². The molecule has 0 amide bonds. The quantitative estimate of drug-likeness (QED) is 0.504. The van der Waals surface area contributed by atoms with E-state index in [0.717, 1.165) is 18.4 Å². The highest BCUT2D eigenvalue weighted by atomic mass is 14.7. The molecule has 62 valence electrons. The van der Waals surface area contributed by atoms with Gasteiger partial charge in [0, 0.05) is 12.3 Å². The fourth-order valence-electron chi connectivity index (χ4n) is 2.15. The van der Waals surface area contributed by atoms with Crippen LogP contribution in [0.25, 0.3) is 0 Å². The summed E-state index contributed by atoms with van der Waals surface area (Å²) in [6.07, 6.45) is 7.00. The molecule has 0 aromatic rings. The molecule has 1 saturated carbocycles. The van der Waals surface area contributed by atoms with Crippen molar-refractivity contribution < 1.29 is 0 Å². The summed E-state index contributed by atoms with van der Waals surface area (Å²) in [4.78, 5) is 4.54. The van der Waals surface area contributed by atoms with Crippen LogP contribution in [0.1, 0.15) is 39.0 Å². The fourth-order valence-corrected chi connectivity index (χ4v) is 2.15. The van der Waals surface area contributed by atoms with Gasteiger partial charge in [0.2, 0.25) is 0 Å². The summed E-state index contributed by atoms with van der Waals surface area (Å²) in [5.74, 6) is 2.11.